The number of sulfone groups is 1. The maximum absolute atomic E-state index is 13.1. The summed E-state index contributed by atoms with van der Waals surface area (Å²) in [4.78, 5) is 24.1. The van der Waals surface area contributed by atoms with Crippen LogP contribution >= 0.6 is 0 Å². The van der Waals surface area contributed by atoms with Crippen molar-refractivity contribution in [3.63, 3.8) is 0 Å². The summed E-state index contributed by atoms with van der Waals surface area (Å²) in [5.74, 6) is 0.0531. The van der Waals surface area contributed by atoms with Crippen molar-refractivity contribution in [1.82, 2.24) is 0 Å². The van der Waals surface area contributed by atoms with Crippen molar-refractivity contribution in [3.8, 4) is 11.5 Å². The lowest BCUT2D eigenvalue weighted by Crippen LogP contribution is -2.27. The third-order valence-corrected chi connectivity index (χ3v) is 7.13. The van der Waals surface area contributed by atoms with Gasteiger partial charge in [-0.05, 0) is 50.1 Å². The molecule has 0 aromatic heterocycles. The number of methoxy groups -OCH3 is 1. The van der Waals surface area contributed by atoms with Crippen LogP contribution in [0.25, 0.3) is 0 Å². The zero-order valence-electron chi connectivity index (χ0n) is 17.2. The minimum Gasteiger partial charge on any atom is -0.495 e. The molecule has 30 heavy (non-hydrogen) atoms. The SMILES string of the molecule is COc1ccc(C)cc1NC(=O)C[C@@H](C)S(=O)(=O)c1cc2c(cc1C)NC(=O)CO2. The monoisotopic (exact) mass is 432 g/mol. The second-order valence-corrected chi connectivity index (χ2v) is 9.60. The first kappa shape index (κ1) is 21.6. The van der Waals surface area contributed by atoms with Gasteiger partial charge in [0, 0.05) is 12.5 Å². The normalized spacial score (nSPS) is 14.2. The van der Waals surface area contributed by atoms with E-state index in [1.165, 1.54) is 20.1 Å². The van der Waals surface area contributed by atoms with Gasteiger partial charge in [-0.2, -0.15) is 0 Å². The van der Waals surface area contributed by atoms with Gasteiger partial charge in [0.25, 0.3) is 5.91 Å². The molecule has 1 aliphatic rings. The van der Waals surface area contributed by atoms with E-state index >= 15 is 0 Å². The zero-order chi connectivity index (χ0) is 22.1. The molecule has 0 unspecified atom stereocenters. The van der Waals surface area contributed by atoms with Crippen LogP contribution in [0.5, 0.6) is 11.5 Å². The molecule has 1 aliphatic heterocycles. The van der Waals surface area contributed by atoms with Crippen LogP contribution in [0.15, 0.2) is 35.2 Å². The first-order chi connectivity index (χ1) is 14.1. The maximum atomic E-state index is 13.1. The molecular weight excluding hydrogens is 408 g/mol. The molecule has 0 fully saturated rings. The van der Waals surface area contributed by atoms with Crippen LogP contribution in [0.1, 0.15) is 24.5 Å². The molecule has 8 nitrogen and oxygen atoms in total. The Labute approximate surface area is 175 Å². The molecule has 0 bridgehead atoms. The molecule has 1 atom stereocenters. The molecule has 160 valence electrons. The molecule has 3 rings (SSSR count). The molecule has 0 saturated carbocycles. The van der Waals surface area contributed by atoms with Gasteiger partial charge in [-0.3, -0.25) is 9.59 Å². The van der Waals surface area contributed by atoms with Crippen molar-refractivity contribution in [2.45, 2.75) is 37.3 Å². The third-order valence-electron chi connectivity index (χ3n) is 4.85. The quantitative estimate of drug-likeness (QED) is 0.726. The highest BCUT2D eigenvalue weighted by molar-refractivity contribution is 7.92. The first-order valence-electron chi connectivity index (χ1n) is 9.37. The lowest BCUT2D eigenvalue weighted by molar-refractivity contribution is -0.118. The van der Waals surface area contributed by atoms with Gasteiger partial charge in [-0.15, -0.1) is 0 Å². The van der Waals surface area contributed by atoms with Gasteiger partial charge in [0.15, 0.2) is 16.4 Å². The standard InChI is InChI=1S/C21H24N2O6S/c1-12-5-6-17(28-4)15(7-12)22-20(24)9-14(3)30(26,27)19-10-18-16(8-13(19)2)23-21(25)11-29-18/h5-8,10,14H,9,11H2,1-4H3,(H,22,24)(H,23,25)/t14-/m1/s1. The van der Waals surface area contributed by atoms with E-state index in [9.17, 15) is 18.0 Å². The van der Waals surface area contributed by atoms with E-state index in [1.54, 1.807) is 25.1 Å². The summed E-state index contributed by atoms with van der Waals surface area (Å²) in [6.45, 7) is 4.83. The highest BCUT2D eigenvalue weighted by atomic mass is 32.2. The van der Waals surface area contributed by atoms with Crippen molar-refractivity contribution >= 4 is 33.0 Å². The van der Waals surface area contributed by atoms with Crippen LogP contribution in [0.3, 0.4) is 0 Å². The number of ether oxygens (including phenoxy) is 2. The minimum absolute atomic E-state index is 0.0748. The van der Waals surface area contributed by atoms with E-state index < -0.39 is 21.0 Å². The van der Waals surface area contributed by atoms with Gasteiger partial charge < -0.3 is 20.1 Å². The number of aryl methyl sites for hydroxylation is 2. The summed E-state index contributed by atoms with van der Waals surface area (Å²) in [5.41, 5.74) is 2.32. The second kappa shape index (κ2) is 8.35. The zero-order valence-corrected chi connectivity index (χ0v) is 18.1. The Balaban J connectivity index is 1.79. The summed E-state index contributed by atoms with van der Waals surface area (Å²) >= 11 is 0. The number of amides is 2. The highest BCUT2D eigenvalue weighted by Gasteiger charge is 2.30. The van der Waals surface area contributed by atoms with Crippen molar-refractivity contribution in [2.75, 3.05) is 24.4 Å². The Kier molecular flexibility index (Phi) is 6.02. The Morgan fingerprint density at radius 1 is 1.27 bits per heavy atom. The molecule has 9 heteroatoms. The van der Waals surface area contributed by atoms with Crippen LogP contribution in [-0.2, 0) is 19.4 Å². The largest absolute Gasteiger partial charge is 0.495 e. The number of benzene rings is 2. The maximum Gasteiger partial charge on any atom is 0.262 e. The van der Waals surface area contributed by atoms with Crippen molar-refractivity contribution in [3.05, 3.63) is 41.5 Å². The van der Waals surface area contributed by atoms with Crippen molar-refractivity contribution in [2.24, 2.45) is 0 Å². The number of hydrogen-bond donors (Lipinski definition) is 2. The van der Waals surface area contributed by atoms with Crippen LogP contribution in [-0.4, -0.2) is 39.2 Å². The lowest BCUT2D eigenvalue weighted by atomic mass is 10.2. The number of carbonyl (C=O) groups is 2. The number of nitrogens with one attached hydrogen (secondary N) is 2. The van der Waals surface area contributed by atoms with Crippen LogP contribution in [0.4, 0.5) is 11.4 Å². The number of rotatable bonds is 6. The lowest BCUT2D eigenvalue weighted by Gasteiger charge is -2.21. The van der Waals surface area contributed by atoms with Crippen LogP contribution < -0.4 is 20.1 Å². The predicted molar refractivity (Wildman–Crippen MR) is 113 cm³/mol. The van der Waals surface area contributed by atoms with E-state index in [0.29, 0.717) is 28.4 Å². The summed E-state index contributed by atoms with van der Waals surface area (Å²) in [6, 6.07) is 8.31. The molecule has 0 radical (unpaired) electrons. The molecule has 2 aromatic carbocycles. The average molecular weight is 432 g/mol. The topological polar surface area (TPSA) is 111 Å². The van der Waals surface area contributed by atoms with Gasteiger partial charge in [0.1, 0.15) is 11.5 Å². The molecule has 0 aliphatic carbocycles. The van der Waals surface area contributed by atoms with Gasteiger partial charge in [0.05, 0.1) is 28.6 Å². The number of hydrogen-bond acceptors (Lipinski definition) is 6. The summed E-state index contributed by atoms with van der Waals surface area (Å²) in [7, 11) is -2.32. The van der Waals surface area contributed by atoms with Gasteiger partial charge >= 0.3 is 0 Å². The Hall–Kier alpha value is -3.07. The summed E-state index contributed by atoms with van der Waals surface area (Å²) in [6.07, 6.45) is -0.229. The highest BCUT2D eigenvalue weighted by Crippen LogP contribution is 2.34. The van der Waals surface area contributed by atoms with Crippen LogP contribution in [0, 0.1) is 13.8 Å². The van der Waals surface area contributed by atoms with E-state index in [-0.39, 0.29) is 23.8 Å². The second-order valence-electron chi connectivity index (χ2n) is 7.26. The fourth-order valence-corrected chi connectivity index (χ4v) is 4.81. The fourth-order valence-electron chi connectivity index (χ4n) is 3.23. The summed E-state index contributed by atoms with van der Waals surface area (Å²) in [5, 5.41) is 4.41. The predicted octanol–water partition coefficient (Wildman–Crippen LogP) is 2.83. The van der Waals surface area contributed by atoms with E-state index in [4.69, 9.17) is 9.47 Å². The Morgan fingerprint density at radius 3 is 2.70 bits per heavy atom. The van der Waals surface area contributed by atoms with Crippen molar-refractivity contribution in [1.29, 1.82) is 0 Å². The Morgan fingerprint density at radius 2 is 2.00 bits per heavy atom. The fraction of sp³-hybridized carbons (Fsp3) is 0.333. The molecule has 1 heterocycles. The minimum atomic E-state index is -3.81. The third kappa shape index (κ3) is 4.40. The van der Waals surface area contributed by atoms with E-state index in [2.05, 4.69) is 10.6 Å². The molecule has 2 N–H and O–H groups in total. The van der Waals surface area contributed by atoms with Crippen molar-refractivity contribution < 1.29 is 27.5 Å². The first-order valence-corrected chi connectivity index (χ1v) is 10.9. The van der Waals surface area contributed by atoms with E-state index in [0.717, 1.165) is 5.56 Å². The van der Waals surface area contributed by atoms with Gasteiger partial charge in [-0.1, -0.05) is 6.07 Å². The number of fused-ring (bicyclic) bond motifs is 1. The molecule has 0 spiro atoms. The average Bonchev–Trinajstić information content (AvgIpc) is 2.67. The molecule has 0 saturated heterocycles. The molecule has 2 amide bonds. The molecule has 2 aromatic rings. The summed E-state index contributed by atoms with van der Waals surface area (Å²) < 4.78 is 36.8. The number of carbonyl (C=O) groups excluding carboxylic acids is 2. The van der Waals surface area contributed by atoms with Crippen LogP contribution in [0.2, 0.25) is 0 Å². The Bertz CT molecular complexity index is 1110. The smallest absolute Gasteiger partial charge is 0.262 e. The van der Waals surface area contributed by atoms with E-state index in [1.807, 2.05) is 13.0 Å². The molecular formula is C21H24N2O6S. The van der Waals surface area contributed by atoms with Gasteiger partial charge in [-0.25, -0.2) is 8.42 Å². The number of anilines is 2. The van der Waals surface area contributed by atoms with Gasteiger partial charge in [0.2, 0.25) is 5.91 Å².